The Hall–Kier alpha value is -2.66. The Balaban J connectivity index is 1.88. The maximum absolute atomic E-state index is 13.0. The van der Waals surface area contributed by atoms with Gasteiger partial charge in [0.25, 0.3) is 0 Å². The Bertz CT molecular complexity index is 782. The molecule has 5 heteroatoms. The molecule has 0 bridgehead atoms. The first-order chi connectivity index (χ1) is 12.0. The summed E-state index contributed by atoms with van der Waals surface area (Å²) >= 11 is 0. The topological polar surface area (TPSA) is 75.6 Å². The van der Waals surface area contributed by atoms with E-state index in [-0.39, 0.29) is 18.1 Å². The van der Waals surface area contributed by atoms with E-state index in [1.165, 1.54) is 6.07 Å². The predicted molar refractivity (Wildman–Crippen MR) is 94.7 cm³/mol. The Labute approximate surface area is 146 Å². The number of methoxy groups -OCH3 is 1. The monoisotopic (exact) mass is 339 g/mol. The molecule has 1 amide bonds. The van der Waals surface area contributed by atoms with E-state index in [0.717, 1.165) is 24.8 Å². The van der Waals surface area contributed by atoms with E-state index in [2.05, 4.69) is 5.32 Å². The molecule has 1 saturated carbocycles. The second-order valence-electron chi connectivity index (χ2n) is 6.41. The van der Waals surface area contributed by atoms with E-state index in [1.54, 1.807) is 19.2 Å². The average molecular weight is 339 g/mol. The molecule has 5 nitrogen and oxygen atoms in total. The third-order valence-electron chi connectivity index (χ3n) is 4.78. The van der Waals surface area contributed by atoms with Crippen molar-refractivity contribution in [1.29, 1.82) is 0 Å². The molecule has 0 aromatic heterocycles. The fourth-order valence-corrected chi connectivity index (χ4v) is 3.32. The molecule has 0 atom stereocenters. The number of hydrogen-bond acceptors (Lipinski definition) is 3. The molecule has 1 fully saturated rings. The summed E-state index contributed by atoms with van der Waals surface area (Å²) in [6.07, 6.45) is 2.60. The molecule has 0 aliphatic heterocycles. The van der Waals surface area contributed by atoms with Gasteiger partial charge in [-0.2, -0.15) is 0 Å². The second-order valence-corrected chi connectivity index (χ2v) is 6.41. The third-order valence-corrected chi connectivity index (χ3v) is 4.78. The van der Waals surface area contributed by atoms with Gasteiger partial charge in [0.1, 0.15) is 0 Å². The largest absolute Gasteiger partial charge is 0.478 e. The molecule has 1 aliphatic carbocycles. The van der Waals surface area contributed by atoms with Gasteiger partial charge in [-0.25, -0.2) is 4.79 Å². The summed E-state index contributed by atoms with van der Waals surface area (Å²) < 4.78 is 5.09. The second kappa shape index (κ2) is 7.07. The van der Waals surface area contributed by atoms with Crippen molar-refractivity contribution in [2.24, 2.45) is 0 Å². The zero-order valence-electron chi connectivity index (χ0n) is 14.1. The van der Waals surface area contributed by atoms with Crippen LogP contribution in [-0.4, -0.2) is 24.1 Å². The van der Waals surface area contributed by atoms with Gasteiger partial charge in [0.2, 0.25) is 5.91 Å². The number of anilines is 1. The zero-order valence-corrected chi connectivity index (χ0v) is 14.1. The van der Waals surface area contributed by atoms with Crippen LogP contribution in [0.5, 0.6) is 0 Å². The van der Waals surface area contributed by atoms with E-state index >= 15 is 0 Å². The summed E-state index contributed by atoms with van der Waals surface area (Å²) in [6.45, 7) is 0.286. The van der Waals surface area contributed by atoms with Crippen molar-refractivity contribution in [1.82, 2.24) is 0 Å². The lowest BCUT2D eigenvalue weighted by Gasteiger charge is -2.40. The molecule has 2 N–H and O–H groups in total. The van der Waals surface area contributed by atoms with Crippen LogP contribution in [0.15, 0.2) is 48.5 Å². The number of carboxylic acids is 1. The normalized spacial score (nSPS) is 15.2. The molecular weight excluding hydrogens is 318 g/mol. The standard InChI is InChI=1S/C20H21NO4/c1-25-13-14-10-15(18(22)23)12-17(11-14)21-19(24)20(8-5-9-20)16-6-3-2-4-7-16/h2-4,6-7,10-12H,5,8-9,13H2,1H3,(H,21,24)(H,22,23). The van der Waals surface area contributed by atoms with Crippen molar-refractivity contribution < 1.29 is 19.4 Å². The number of nitrogens with one attached hydrogen (secondary N) is 1. The van der Waals surface area contributed by atoms with Gasteiger partial charge in [0.15, 0.2) is 0 Å². The molecular formula is C20H21NO4. The highest BCUT2D eigenvalue weighted by Crippen LogP contribution is 2.44. The average Bonchev–Trinajstić information content (AvgIpc) is 2.55. The van der Waals surface area contributed by atoms with Crippen molar-refractivity contribution in [3.63, 3.8) is 0 Å². The van der Waals surface area contributed by atoms with Gasteiger partial charge in [0, 0.05) is 12.8 Å². The summed E-state index contributed by atoms with van der Waals surface area (Å²) in [5.41, 5.74) is 1.80. The summed E-state index contributed by atoms with van der Waals surface area (Å²) in [6, 6.07) is 14.5. The number of carboxylic acid groups (broad SMARTS) is 1. The van der Waals surface area contributed by atoms with E-state index in [9.17, 15) is 14.7 Å². The van der Waals surface area contributed by atoms with Crippen LogP contribution >= 0.6 is 0 Å². The molecule has 0 heterocycles. The first-order valence-electron chi connectivity index (χ1n) is 8.28. The minimum Gasteiger partial charge on any atom is -0.478 e. The number of ether oxygens (including phenoxy) is 1. The van der Waals surface area contributed by atoms with Gasteiger partial charge < -0.3 is 15.2 Å². The molecule has 0 saturated heterocycles. The Kier molecular flexibility index (Phi) is 4.86. The zero-order chi connectivity index (χ0) is 17.9. The number of carbonyl (C=O) groups is 2. The summed E-state index contributed by atoms with van der Waals surface area (Å²) in [7, 11) is 1.55. The first-order valence-corrected chi connectivity index (χ1v) is 8.28. The molecule has 0 spiro atoms. The molecule has 25 heavy (non-hydrogen) atoms. The van der Waals surface area contributed by atoms with E-state index in [0.29, 0.717) is 11.3 Å². The maximum Gasteiger partial charge on any atom is 0.335 e. The maximum atomic E-state index is 13.0. The number of amides is 1. The van der Waals surface area contributed by atoms with Crippen LogP contribution < -0.4 is 5.32 Å². The molecule has 0 unspecified atom stereocenters. The van der Waals surface area contributed by atoms with Crippen LogP contribution in [0.4, 0.5) is 5.69 Å². The number of aromatic carboxylic acids is 1. The summed E-state index contributed by atoms with van der Waals surface area (Å²) in [5.74, 6) is -1.12. The Morgan fingerprint density at radius 3 is 2.44 bits per heavy atom. The van der Waals surface area contributed by atoms with Gasteiger partial charge in [-0.15, -0.1) is 0 Å². The van der Waals surface area contributed by atoms with E-state index in [1.807, 2.05) is 30.3 Å². The highest BCUT2D eigenvalue weighted by molar-refractivity contribution is 6.01. The van der Waals surface area contributed by atoms with Crippen LogP contribution in [0, 0.1) is 0 Å². The number of hydrogen-bond donors (Lipinski definition) is 2. The van der Waals surface area contributed by atoms with Crippen molar-refractivity contribution >= 4 is 17.6 Å². The molecule has 0 radical (unpaired) electrons. The highest BCUT2D eigenvalue weighted by atomic mass is 16.5. The number of carbonyl (C=O) groups excluding carboxylic acids is 1. The van der Waals surface area contributed by atoms with Crippen LogP contribution in [0.3, 0.4) is 0 Å². The van der Waals surface area contributed by atoms with Crippen LogP contribution in [0.1, 0.15) is 40.7 Å². The lowest BCUT2D eigenvalue weighted by atomic mass is 9.64. The van der Waals surface area contributed by atoms with Crippen LogP contribution in [0.2, 0.25) is 0 Å². The highest BCUT2D eigenvalue weighted by Gasteiger charge is 2.45. The van der Waals surface area contributed by atoms with Crippen molar-refractivity contribution in [2.45, 2.75) is 31.3 Å². The van der Waals surface area contributed by atoms with Gasteiger partial charge in [-0.05, 0) is 42.2 Å². The van der Waals surface area contributed by atoms with Gasteiger partial charge in [-0.1, -0.05) is 36.8 Å². The smallest absolute Gasteiger partial charge is 0.335 e. The molecule has 2 aromatic rings. The fraction of sp³-hybridized carbons (Fsp3) is 0.300. The van der Waals surface area contributed by atoms with Gasteiger partial charge in [0.05, 0.1) is 17.6 Å². The molecule has 1 aliphatic rings. The van der Waals surface area contributed by atoms with E-state index < -0.39 is 11.4 Å². The summed E-state index contributed by atoms with van der Waals surface area (Å²) in [5, 5.41) is 12.2. The lowest BCUT2D eigenvalue weighted by molar-refractivity contribution is -0.124. The molecule has 130 valence electrons. The van der Waals surface area contributed by atoms with Crippen LogP contribution in [-0.2, 0) is 21.6 Å². The molecule has 2 aromatic carbocycles. The number of benzene rings is 2. The SMILES string of the molecule is COCc1cc(NC(=O)C2(c3ccccc3)CCC2)cc(C(=O)O)c1. The van der Waals surface area contributed by atoms with Crippen LogP contribution in [0.25, 0.3) is 0 Å². The van der Waals surface area contributed by atoms with Crippen molar-refractivity contribution in [3.05, 3.63) is 65.2 Å². The minimum atomic E-state index is -1.03. The summed E-state index contributed by atoms with van der Waals surface area (Å²) in [4.78, 5) is 24.3. The fourth-order valence-electron chi connectivity index (χ4n) is 3.32. The quantitative estimate of drug-likeness (QED) is 0.843. The lowest BCUT2D eigenvalue weighted by Crippen LogP contribution is -2.46. The first kappa shape index (κ1) is 17.2. The number of rotatable bonds is 6. The Morgan fingerprint density at radius 2 is 1.88 bits per heavy atom. The molecule has 3 rings (SSSR count). The van der Waals surface area contributed by atoms with E-state index in [4.69, 9.17) is 4.74 Å². The van der Waals surface area contributed by atoms with Gasteiger partial charge in [-0.3, -0.25) is 4.79 Å². The van der Waals surface area contributed by atoms with Crippen molar-refractivity contribution in [3.8, 4) is 0 Å². The van der Waals surface area contributed by atoms with Gasteiger partial charge >= 0.3 is 5.97 Å². The Morgan fingerprint density at radius 1 is 1.16 bits per heavy atom. The third kappa shape index (κ3) is 3.42. The predicted octanol–water partition coefficient (Wildman–Crippen LogP) is 3.59. The van der Waals surface area contributed by atoms with Crippen molar-refractivity contribution in [2.75, 3.05) is 12.4 Å². The minimum absolute atomic E-state index is 0.0872.